The van der Waals surface area contributed by atoms with Crippen molar-refractivity contribution in [3.63, 3.8) is 0 Å². The van der Waals surface area contributed by atoms with Crippen molar-refractivity contribution in [2.75, 3.05) is 17.1 Å². The fourth-order valence-corrected chi connectivity index (χ4v) is 4.72. The molecule has 0 unspecified atom stereocenters. The molecule has 0 saturated heterocycles. The van der Waals surface area contributed by atoms with Gasteiger partial charge in [-0.25, -0.2) is 8.42 Å². The number of carbonyl (C=O) groups excluding carboxylic acids is 2. The van der Waals surface area contributed by atoms with Gasteiger partial charge >= 0.3 is 0 Å². The Bertz CT molecular complexity index is 1230. The van der Waals surface area contributed by atoms with Gasteiger partial charge in [0.1, 0.15) is 12.6 Å². The number of benzene rings is 2. The molecule has 0 saturated carbocycles. The maximum absolute atomic E-state index is 13.7. The van der Waals surface area contributed by atoms with E-state index < -0.39 is 33.4 Å². The van der Waals surface area contributed by atoms with Crippen LogP contribution in [0.15, 0.2) is 42.5 Å². The van der Waals surface area contributed by atoms with Gasteiger partial charge in [0.15, 0.2) is 0 Å². The van der Waals surface area contributed by atoms with Gasteiger partial charge in [-0.2, -0.15) is 0 Å². The number of nitrogens with zero attached hydrogens (tertiary/aromatic N) is 3. The second-order valence-corrected chi connectivity index (χ2v) is 11.2. The van der Waals surface area contributed by atoms with Crippen LogP contribution in [0.5, 0.6) is 0 Å². The first kappa shape index (κ1) is 29.8. The number of nitro benzene ring substituents is 1. The second-order valence-electron chi connectivity index (χ2n) is 9.25. The summed E-state index contributed by atoms with van der Waals surface area (Å²) in [7, 11) is -4.00. The predicted octanol–water partition coefficient (Wildman–Crippen LogP) is 3.70. The largest absolute Gasteiger partial charge is 0.352 e. The highest BCUT2D eigenvalue weighted by Crippen LogP contribution is 2.28. The smallest absolute Gasteiger partial charge is 0.271 e. The maximum atomic E-state index is 13.7. The monoisotopic (exact) mass is 532 g/mol. The van der Waals surface area contributed by atoms with Crippen molar-refractivity contribution in [3.8, 4) is 0 Å². The van der Waals surface area contributed by atoms with E-state index >= 15 is 0 Å². The molecule has 2 aromatic rings. The van der Waals surface area contributed by atoms with Crippen LogP contribution in [0.1, 0.15) is 50.3 Å². The lowest BCUT2D eigenvalue weighted by atomic mass is 10.1. The molecule has 1 N–H and O–H groups in total. The number of aryl methyl sites for hydroxylation is 2. The van der Waals surface area contributed by atoms with Crippen LogP contribution in [-0.4, -0.2) is 54.9 Å². The fourth-order valence-electron chi connectivity index (χ4n) is 3.83. The first-order valence-corrected chi connectivity index (χ1v) is 14.0. The molecule has 202 valence electrons. The summed E-state index contributed by atoms with van der Waals surface area (Å²) in [5, 5.41) is 14.2. The quantitative estimate of drug-likeness (QED) is 0.328. The molecule has 0 spiro atoms. The van der Waals surface area contributed by atoms with E-state index in [0.29, 0.717) is 18.4 Å². The van der Waals surface area contributed by atoms with Gasteiger partial charge < -0.3 is 10.2 Å². The van der Waals surface area contributed by atoms with Gasteiger partial charge in [-0.1, -0.05) is 49.7 Å². The molecule has 0 aromatic heterocycles. The Morgan fingerprint density at radius 1 is 1.05 bits per heavy atom. The number of hydrogen-bond acceptors (Lipinski definition) is 6. The molecule has 0 bridgehead atoms. The number of non-ortho nitro benzene ring substituents is 1. The van der Waals surface area contributed by atoms with E-state index in [4.69, 9.17) is 0 Å². The minimum Gasteiger partial charge on any atom is -0.352 e. The minimum absolute atomic E-state index is 0.0393. The fraction of sp³-hybridized carbons (Fsp3) is 0.462. The molecular weight excluding hydrogens is 496 g/mol. The number of nitro groups is 1. The number of anilines is 1. The van der Waals surface area contributed by atoms with E-state index in [1.807, 2.05) is 45.0 Å². The Morgan fingerprint density at radius 2 is 1.68 bits per heavy atom. The molecule has 2 atom stereocenters. The number of nitrogens with one attached hydrogen (secondary N) is 1. The van der Waals surface area contributed by atoms with Crippen LogP contribution in [0.2, 0.25) is 0 Å². The molecule has 0 aliphatic rings. The van der Waals surface area contributed by atoms with Crippen molar-refractivity contribution in [1.29, 1.82) is 0 Å². The summed E-state index contributed by atoms with van der Waals surface area (Å²) >= 11 is 0. The summed E-state index contributed by atoms with van der Waals surface area (Å²) in [6.45, 7) is 8.62. The van der Waals surface area contributed by atoms with E-state index in [1.54, 1.807) is 13.8 Å². The summed E-state index contributed by atoms with van der Waals surface area (Å²) < 4.78 is 26.4. The van der Waals surface area contributed by atoms with Crippen LogP contribution in [0, 0.1) is 24.0 Å². The topological polar surface area (TPSA) is 130 Å². The maximum Gasteiger partial charge on any atom is 0.271 e. The number of sulfonamides is 1. The molecule has 2 rings (SSSR count). The van der Waals surface area contributed by atoms with E-state index in [9.17, 15) is 28.1 Å². The zero-order valence-corrected chi connectivity index (χ0v) is 23.0. The Morgan fingerprint density at radius 3 is 2.19 bits per heavy atom. The molecule has 0 fully saturated rings. The molecule has 10 nitrogen and oxygen atoms in total. The highest BCUT2D eigenvalue weighted by atomic mass is 32.2. The van der Waals surface area contributed by atoms with Gasteiger partial charge in [0.2, 0.25) is 21.8 Å². The zero-order chi connectivity index (χ0) is 27.9. The van der Waals surface area contributed by atoms with Crippen LogP contribution < -0.4 is 9.62 Å². The molecule has 0 radical (unpaired) electrons. The van der Waals surface area contributed by atoms with Crippen molar-refractivity contribution in [1.82, 2.24) is 10.2 Å². The number of amides is 2. The molecule has 2 aromatic carbocycles. The zero-order valence-electron chi connectivity index (χ0n) is 22.2. The van der Waals surface area contributed by atoms with E-state index in [1.165, 1.54) is 17.0 Å². The van der Waals surface area contributed by atoms with Gasteiger partial charge in [0, 0.05) is 24.7 Å². The van der Waals surface area contributed by atoms with Crippen LogP contribution in [0.4, 0.5) is 11.4 Å². The summed E-state index contributed by atoms with van der Waals surface area (Å²) in [5.74, 6) is -0.919. The van der Waals surface area contributed by atoms with Crippen molar-refractivity contribution in [2.45, 2.75) is 66.1 Å². The molecule has 0 aliphatic carbocycles. The van der Waals surface area contributed by atoms with Crippen LogP contribution in [-0.2, 0) is 26.2 Å². The first-order valence-electron chi connectivity index (χ1n) is 12.2. The van der Waals surface area contributed by atoms with Crippen molar-refractivity contribution < 1.29 is 22.9 Å². The molecule has 0 aliphatic heterocycles. The summed E-state index contributed by atoms with van der Waals surface area (Å²) in [5.41, 5.74) is 2.02. The van der Waals surface area contributed by atoms with Gasteiger partial charge in [-0.15, -0.1) is 0 Å². The molecule has 0 heterocycles. The van der Waals surface area contributed by atoms with E-state index in [0.717, 1.165) is 27.8 Å². The number of carbonyl (C=O) groups is 2. The summed E-state index contributed by atoms with van der Waals surface area (Å²) in [6, 6.07) is 10.4. The number of rotatable bonds is 12. The average molecular weight is 533 g/mol. The second kappa shape index (κ2) is 12.7. The Kier molecular flexibility index (Phi) is 10.2. The summed E-state index contributed by atoms with van der Waals surface area (Å²) in [6.07, 6.45) is 1.96. The Balaban J connectivity index is 2.52. The van der Waals surface area contributed by atoms with Crippen LogP contribution in [0.3, 0.4) is 0 Å². The molecular formula is C26H36N4O6S. The first-order chi connectivity index (χ1) is 17.3. The third-order valence-electron chi connectivity index (χ3n) is 6.21. The predicted molar refractivity (Wildman–Crippen MR) is 144 cm³/mol. The third-order valence-corrected chi connectivity index (χ3v) is 7.34. The van der Waals surface area contributed by atoms with Crippen molar-refractivity contribution >= 4 is 33.2 Å². The van der Waals surface area contributed by atoms with Gasteiger partial charge in [0.25, 0.3) is 5.69 Å². The highest BCUT2D eigenvalue weighted by Gasteiger charge is 2.33. The Labute approximate surface area is 218 Å². The number of hydrogen-bond donors (Lipinski definition) is 1. The van der Waals surface area contributed by atoms with E-state index in [2.05, 4.69) is 5.32 Å². The highest BCUT2D eigenvalue weighted by molar-refractivity contribution is 7.92. The molecule has 37 heavy (non-hydrogen) atoms. The Hall–Kier alpha value is -3.47. The third kappa shape index (κ3) is 8.01. The lowest BCUT2D eigenvalue weighted by molar-refractivity contribution is -0.384. The van der Waals surface area contributed by atoms with Crippen LogP contribution in [0.25, 0.3) is 0 Å². The van der Waals surface area contributed by atoms with Gasteiger partial charge in [-0.05, 0) is 44.7 Å². The normalized spacial score (nSPS) is 12.9. The van der Waals surface area contributed by atoms with Crippen LogP contribution >= 0.6 is 0 Å². The molecule has 11 heteroatoms. The SMILES string of the molecule is CC[C@@H](C)NC(=O)[C@@H](CC)N(Cc1ccc(C)cc1)C(=O)CN(c1cc([N+](=O)[O-])ccc1C)S(C)(=O)=O. The van der Waals surface area contributed by atoms with Crippen molar-refractivity contribution in [2.24, 2.45) is 0 Å². The standard InChI is InChI=1S/C26H36N4O6S/c1-7-20(5)27-26(32)23(8-2)28(16-21-12-9-18(3)10-13-21)25(31)17-29(37(6,35)36)24-15-22(30(33)34)14-11-19(24)4/h9-15,20,23H,7-8,16-17H2,1-6H3,(H,27,32)/t20-,23-/m1/s1. The van der Waals surface area contributed by atoms with E-state index in [-0.39, 0.29) is 29.9 Å². The lowest BCUT2D eigenvalue weighted by Crippen LogP contribution is -2.53. The lowest BCUT2D eigenvalue weighted by Gasteiger charge is -2.33. The molecule has 2 amide bonds. The van der Waals surface area contributed by atoms with Crippen molar-refractivity contribution in [3.05, 3.63) is 69.3 Å². The average Bonchev–Trinajstić information content (AvgIpc) is 2.83. The van der Waals surface area contributed by atoms with Gasteiger partial charge in [0.05, 0.1) is 16.9 Å². The minimum atomic E-state index is -4.00. The summed E-state index contributed by atoms with van der Waals surface area (Å²) in [4.78, 5) is 39.0. The van der Waals surface area contributed by atoms with Gasteiger partial charge in [-0.3, -0.25) is 24.0 Å².